The van der Waals surface area contributed by atoms with Crippen LogP contribution in [0.3, 0.4) is 0 Å². The number of esters is 2. The lowest BCUT2D eigenvalue weighted by molar-refractivity contribution is -0.138. The van der Waals surface area contributed by atoms with Crippen LogP contribution in [0.1, 0.15) is 13.8 Å². The predicted molar refractivity (Wildman–Crippen MR) is 129 cm³/mol. The first kappa shape index (κ1) is 28.5. The van der Waals surface area contributed by atoms with E-state index in [1.165, 1.54) is 85.0 Å². The molecular formula is C24H26O8S2. The molecule has 1 rings (SSSR count). The molecule has 1 aromatic rings. The molecule has 0 saturated carbocycles. The standard InChI is InChI=1S/C24H26O8S2/c1-3-31-23(25)17-9-5-7-13-19-33(27,28)21-15-11-12-16-22(21)34(29,30)20-14-8-6-10-18-24(26)32-4-2/h5-20H,3-4H2,1-2H3/b7-5+,8-6+,17-9+,18-10+,19-13+,20-14+. The van der Waals surface area contributed by atoms with Gasteiger partial charge < -0.3 is 9.47 Å². The molecule has 0 radical (unpaired) electrons. The van der Waals surface area contributed by atoms with Gasteiger partial charge in [-0.25, -0.2) is 26.4 Å². The van der Waals surface area contributed by atoms with E-state index in [0.717, 1.165) is 10.8 Å². The molecule has 0 aliphatic heterocycles. The maximum atomic E-state index is 12.7. The highest BCUT2D eigenvalue weighted by molar-refractivity contribution is 7.97. The molecule has 10 heteroatoms. The predicted octanol–water partition coefficient (Wildman–Crippen LogP) is 3.61. The Hall–Kier alpha value is -3.50. The second-order valence-corrected chi connectivity index (χ2v) is 9.79. The van der Waals surface area contributed by atoms with Gasteiger partial charge >= 0.3 is 11.9 Å². The lowest BCUT2D eigenvalue weighted by atomic mass is 10.4. The van der Waals surface area contributed by atoms with E-state index in [2.05, 4.69) is 0 Å². The Morgan fingerprint density at radius 3 is 1.35 bits per heavy atom. The first-order valence-electron chi connectivity index (χ1n) is 10.1. The molecule has 0 heterocycles. The number of sulfone groups is 2. The molecule has 0 N–H and O–H groups in total. The maximum Gasteiger partial charge on any atom is 0.330 e. The van der Waals surface area contributed by atoms with Crippen molar-refractivity contribution in [3.05, 3.63) is 95.8 Å². The quantitative estimate of drug-likeness (QED) is 0.239. The van der Waals surface area contributed by atoms with E-state index in [0.29, 0.717) is 0 Å². The number of ether oxygens (including phenoxy) is 2. The van der Waals surface area contributed by atoms with Crippen molar-refractivity contribution in [2.75, 3.05) is 13.2 Å². The van der Waals surface area contributed by atoms with Crippen LogP contribution in [0.5, 0.6) is 0 Å². The first-order valence-corrected chi connectivity index (χ1v) is 13.2. The summed E-state index contributed by atoms with van der Waals surface area (Å²) in [5.74, 6) is -1.05. The number of allylic oxidation sites excluding steroid dienone is 8. The van der Waals surface area contributed by atoms with E-state index >= 15 is 0 Å². The largest absolute Gasteiger partial charge is 0.463 e. The Balaban J connectivity index is 3.00. The zero-order valence-electron chi connectivity index (χ0n) is 18.7. The summed E-state index contributed by atoms with van der Waals surface area (Å²) in [7, 11) is -8.16. The third-order valence-corrected chi connectivity index (χ3v) is 6.78. The lowest BCUT2D eigenvalue weighted by Crippen LogP contribution is -2.06. The molecule has 8 nitrogen and oxygen atoms in total. The summed E-state index contributed by atoms with van der Waals surface area (Å²) >= 11 is 0. The van der Waals surface area contributed by atoms with E-state index in [9.17, 15) is 26.4 Å². The Labute approximate surface area is 200 Å². The van der Waals surface area contributed by atoms with Gasteiger partial charge in [0, 0.05) is 23.0 Å². The molecule has 0 unspecified atom stereocenters. The first-order chi connectivity index (χ1) is 16.1. The maximum absolute atomic E-state index is 12.7. The number of carbonyl (C=O) groups is 2. The average molecular weight is 507 g/mol. The van der Waals surface area contributed by atoms with Gasteiger partial charge in [0.05, 0.1) is 23.0 Å². The van der Waals surface area contributed by atoms with Crippen LogP contribution in [0, 0.1) is 0 Å². The third-order valence-electron chi connectivity index (χ3n) is 3.68. The average Bonchev–Trinajstić information content (AvgIpc) is 2.79. The van der Waals surface area contributed by atoms with Crippen molar-refractivity contribution in [1.29, 1.82) is 0 Å². The van der Waals surface area contributed by atoms with Crippen LogP contribution in [-0.4, -0.2) is 42.0 Å². The molecule has 0 aromatic heterocycles. The van der Waals surface area contributed by atoms with Crippen LogP contribution in [0.2, 0.25) is 0 Å². The van der Waals surface area contributed by atoms with E-state index in [-0.39, 0.29) is 23.0 Å². The van der Waals surface area contributed by atoms with Crippen molar-refractivity contribution in [3.63, 3.8) is 0 Å². The van der Waals surface area contributed by atoms with E-state index in [1.54, 1.807) is 13.8 Å². The van der Waals surface area contributed by atoms with Crippen molar-refractivity contribution in [1.82, 2.24) is 0 Å². The zero-order chi connectivity index (χ0) is 25.5. The van der Waals surface area contributed by atoms with Crippen LogP contribution in [-0.2, 0) is 38.7 Å². The number of hydrogen-bond acceptors (Lipinski definition) is 8. The molecule has 0 aliphatic carbocycles. The van der Waals surface area contributed by atoms with Gasteiger partial charge in [0.15, 0.2) is 0 Å². The Morgan fingerprint density at radius 1 is 0.647 bits per heavy atom. The molecule has 0 bridgehead atoms. The van der Waals surface area contributed by atoms with E-state index < -0.39 is 31.6 Å². The summed E-state index contributed by atoms with van der Waals surface area (Å²) in [6.07, 6.45) is 13.1. The molecule has 0 aliphatic rings. The summed E-state index contributed by atoms with van der Waals surface area (Å²) in [6.45, 7) is 3.83. The van der Waals surface area contributed by atoms with Crippen LogP contribution in [0.4, 0.5) is 0 Å². The monoisotopic (exact) mass is 506 g/mol. The minimum absolute atomic E-state index is 0.241. The Morgan fingerprint density at radius 2 is 1.00 bits per heavy atom. The second kappa shape index (κ2) is 14.6. The van der Waals surface area contributed by atoms with Gasteiger partial charge in [-0.3, -0.25) is 0 Å². The van der Waals surface area contributed by atoms with Gasteiger partial charge in [-0.15, -0.1) is 0 Å². The third kappa shape index (κ3) is 10.4. The van der Waals surface area contributed by atoms with Gasteiger partial charge in [0.25, 0.3) is 0 Å². The van der Waals surface area contributed by atoms with Crippen molar-refractivity contribution < 1.29 is 35.9 Å². The molecule has 0 fully saturated rings. The van der Waals surface area contributed by atoms with Gasteiger partial charge in [-0.1, -0.05) is 60.7 Å². The number of carbonyl (C=O) groups excluding carboxylic acids is 2. The summed E-state index contributed by atoms with van der Waals surface area (Å²) in [5.41, 5.74) is 0. The summed E-state index contributed by atoms with van der Waals surface area (Å²) in [4.78, 5) is 21.6. The topological polar surface area (TPSA) is 121 Å². The second-order valence-electron chi connectivity index (χ2n) is 6.19. The summed E-state index contributed by atoms with van der Waals surface area (Å²) in [6, 6.07) is 5.23. The fraction of sp³-hybridized carbons (Fsp3) is 0.167. The molecular weight excluding hydrogens is 480 g/mol. The highest BCUT2D eigenvalue weighted by Gasteiger charge is 2.22. The van der Waals surface area contributed by atoms with Gasteiger partial charge in [-0.05, 0) is 26.0 Å². The van der Waals surface area contributed by atoms with Crippen molar-refractivity contribution in [2.24, 2.45) is 0 Å². The van der Waals surface area contributed by atoms with E-state index in [1.807, 2.05) is 0 Å². The number of rotatable bonds is 12. The van der Waals surface area contributed by atoms with Gasteiger partial charge in [0.2, 0.25) is 19.7 Å². The fourth-order valence-corrected chi connectivity index (χ4v) is 5.09. The minimum Gasteiger partial charge on any atom is -0.463 e. The van der Waals surface area contributed by atoms with Gasteiger partial charge in [-0.2, -0.15) is 0 Å². The molecule has 34 heavy (non-hydrogen) atoms. The summed E-state index contributed by atoms with van der Waals surface area (Å²) in [5, 5.41) is 1.72. The van der Waals surface area contributed by atoms with E-state index in [4.69, 9.17) is 9.47 Å². The molecule has 0 saturated heterocycles. The van der Waals surface area contributed by atoms with Crippen molar-refractivity contribution >= 4 is 31.6 Å². The van der Waals surface area contributed by atoms with Gasteiger partial charge in [0.1, 0.15) is 0 Å². The van der Waals surface area contributed by atoms with Crippen molar-refractivity contribution in [2.45, 2.75) is 23.6 Å². The smallest absolute Gasteiger partial charge is 0.330 e. The normalized spacial score (nSPS) is 13.2. The molecule has 0 atom stereocenters. The molecule has 182 valence electrons. The summed E-state index contributed by atoms with van der Waals surface area (Å²) < 4.78 is 60.2. The Kier molecular flexibility index (Phi) is 12.3. The molecule has 0 amide bonds. The van der Waals surface area contributed by atoms with Crippen LogP contribution >= 0.6 is 0 Å². The molecule has 1 aromatic carbocycles. The number of benzene rings is 1. The Bertz CT molecular complexity index is 1130. The highest BCUT2D eigenvalue weighted by atomic mass is 32.2. The van der Waals surface area contributed by atoms with Crippen LogP contribution in [0.25, 0.3) is 0 Å². The van der Waals surface area contributed by atoms with Crippen molar-refractivity contribution in [3.8, 4) is 0 Å². The zero-order valence-corrected chi connectivity index (χ0v) is 20.4. The van der Waals surface area contributed by atoms with Crippen LogP contribution in [0.15, 0.2) is 106 Å². The fourth-order valence-electron chi connectivity index (χ4n) is 2.27. The molecule has 0 spiro atoms. The minimum atomic E-state index is -4.08. The SMILES string of the molecule is CCOC(=O)/C=C/C=C/C=C/S(=O)(=O)c1ccccc1S(=O)(=O)/C=C/C=C/C=C/C(=O)OCC. The lowest BCUT2D eigenvalue weighted by Gasteiger charge is -2.06. The highest BCUT2D eigenvalue weighted by Crippen LogP contribution is 2.24. The number of hydrogen-bond donors (Lipinski definition) is 0. The van der Waals surface area contributed by atoms with Crippen LogP contribution < -0.4 is 0 Å².